The van der Waals surface area contributed by atoms with Crippen LogP contribution in [0.2, 0.25) is 0 Å². The van der Waals surface area contributed by atoms with Gasteiger partial charge in [0.25, 0.3) is 0 Å². The van der Waals surface area contributed by atoms with Gasteiger partial charge < -0.3 is 5.11 Å². The number of carboxylic acids is 1. The maximum absolute atomic E-state index is 13.3. The number of nitrogens with zero attached hydrogens (tertiary/aromatic N) is 1. The van der Waals surface area contributed by atoms with Crippen molar-refractivity contribution in [3.05, 3.63) is 53.1 Å². The van der Waals surface area contributed by atoms with Gasteiger partial charge in [-0.05, 0) is 48.1 Å². The fourth-order valence-corrected chi connectivity index (χ4v) is 3.69. The Bertz CT molecular complexity index is 762. The first-order valence-electron chi connectivity index (χ1n) is 9.01. The van der Waals surface area contributed by atoms with E-state index in [1.807, 2.05) is 19.9 Å². The van der Waals surface area contributed by atoms with Gasteiger partial charge in [0, 0.05) is 11.6 Å². The van der Waals surface area contributed by atoms with E-state index in [2.05, 4.69) is 0 Å². The van der Waals surface area contributed by atoms with E-state index in [1.165, 1.54) is 31.4 Å². The second-order valence-electron chi connectivity index (χ2n) is 7.16. The zero-order valence-electron chi connectivity index (χ0n) is 14.8. The van der Waals surface area contributed by atoms with E-state index in [-0.39, 0.29) is 17.3 Å². The quantitative estimate of drug-likeness (QED) is 0.769. The summed E-state index contributed by atoms with van der Waals surface area (Å²) in [5.74, 6) is -0.917. The standard InChI is InChI=1S/C21H24FNO2/c1-13(2)20-19(21(24)25)17(14-8-10-16(22)11-9-14)12-18(23-20)15-6-4-3-5-7-15/h8-13,15H,3-7H2,1-2H3,(H,24,25). The van der Waals surface area contributed by atoms with Crippen LogP contribution in [0.5, 0.6) is 0 Å². The molecule has 0 amide bonds. The molecule has 0 unspecified atom stereocenters. The number of carbonyl (C=O) groups is 1. The topological polar surface area (TPSA) is 50.2 Å². The van der Waals surface area contributed by atoms with E-state index in [0.29, 0.717) is 17.2 Å². The fraction of sp³-hybridized carbons (Fsp3) is 0.429. The first-order valence-corrected chi connectivity index (χ1v) is 9.01. The maximum atomic E-state index is 13.3. The molecule has 0 radical (unpaired) electrons. The third-order valence-electron chi connectivity index (χ3n) is 5.01. The van der Waals surface area contributed by atoms with Crippen molar-refractivity contribution >= 4 is 5.97 Å². The SMILES string of the molecule is CC(C)c1nc(C2CCCCC2)cc(-c2ccc(F)cc2)c1C(=O)O. The van der Waals surface area contributed by atoms with E-state index in [9.17, 15) is 14.3 Å². The van der Waals surface area contributed by atoms with Crippen LogP contribution >= 0.6 is 0 Å². The summed E-state index contributed by atoms with van der Waals surface area (Å²) in [6.07, 6.45) is 5.83. The average molecular weight is 341 g/mol. The Morgan fingerprint density at radius 3 is 2.36 bits per heavy atom. The molecule has 0 spiro atoms. The summed E-state index contributed by atoms with van der Waals surface area (Å²) in [5, 5.41) is 9.80. The zero-order valence-corrected chi connectivity index (χ0v) is 14.8. The molecule has 0 aliphatic heterocycles. The average Bonchev–Trinajstić information content (AvgIpc) is 2.61. The molecular formula is C21H24FNO2. The molecule has 0 atom stereocenters. The molecule has 3 nitrogen and oxygen atoms in total. The van der Waals surface area contributed by atoms with Crippen molar-refractivity contribution in [2.75, 3.05) is 0 Å². The Labute approximate surface area is 147 Å². The molecule has 1 fully saturated rings. The predicted octanol–water partition coefficient (Wildman–Crippen LogP) is 5.76. The van der Waals surface area contributed by atoms with E-state index < -0.39 is 5.97 Å². The summed E-state index contributed by atoms with van der Waals surface area (Å²) < 4.78 is 13.3. The molecule has 1 aliphatic carbocycles. The molecule has 4 heteroatoms. The van der Waals surface area contributed by atoms with Crippen LogP contribution in [0.15, 0.2) is 30.3 Å². The number of aromatic nitrogens is 1. The lowest BCUT2D eigenvalue weighted by Crippen LogP contribution is -2.14. The van der Waals surface area contributed by atoms with Crippen LogP contribution in [-0.4, -0.2) is 16.1 Å². The van der Waals surface area contributed by atoms with Gasteiger partial charge in [-0.1, -0.05) is 45.2 Å². The molecule has 3 rings (SSSR count). The predicted molar refractivity (Wildman–Crippen MR) is 96.5 cm³/mol. The third kappa shape index (κ3) is 3.73. The summed E-state index contributed by atoms with van der Waals surface area (Å²) in [7, 11) is 0. The van der Waals surface area contributed by atoms with Crippen molar-refractivity contribution < 1.29 is 14.3 Å². The molecule has 1 saturated carbocycles. The second-order valence-corrected chi connectivity index (χ2v) is 7.16. The number of pyridine rings is 1. The molecule has 1 heterocycles. The van der Waals surface area contributed by atoms with Crippen LogP contribution in [0.4, 0.5) is 4.39 Å². The van der Waals surface area contributed by atoms with Crippen molar-refractivity contribution in [3.8, 4) is 11.1 Å². The molecule has 2 aromatic rings. The zero-order chi connectivity index (χ0) is 18.0. The minimum atomic E-state index is -0.981. The van der Waals surface area contributed by atoms with Gasteiger partial charge in [-0.25, -0.2) is 9.18 Å². The highest BCUT2D eigenvalue weighted by atomic mass is 19.1. The summed E-state index contributed by atoms with van der Waals surface area (Å²) in [6.45, 7) is 3.93. The second kappa shape index (κ2) is 7.34. The van der Waals surface area contributed by atoms with Crippen molar-refractivity contribution in [2.45, 2.75) is 57.8 Å². The van der Waals surface area contributed by atoms with Crippen LogP contribution in [0.1, 0.15) is 79.5 Å². The molecule has 0 saturated heterocycles. The molecule has 1 N–H and O–H groups in total. The highest BCUT2D eigenvalue weighted by molar-refractivity contribution is 5.97. The highest BCUT2D eigenvalue weighted by Gasteiger charge is 2.25. The first-order chi connectivity index (χ1) is 12.0. The Kier molecular flexibility index (Phi) is 5.16. The van der Waals surface area contributed by atoms with E-state index in [0.717, 1.165) is 24.1 Å². The minimum Gasteiger partial charge on any atom is -0.478 e. The van der Waals surface area contributed by atoms with Gasteiger partial charge in [-0.2, -0.15) is 0 Å². The van der Waals surface area contributed by atoms with E-state index in [4.69, 9.17) is 4.98 Å². The number of benzene rings is 1. The van der Waals surface area contributed by atoms with E-state index >= 15 is 0 Å². The van der Waals surface area contributed by atoms with Crippen molar-refractivity contribution in [2.24, 2.45) is 0 Å². The number of halogens is 1. The van der Waals surface area contributed by atoms with Gasteiger partial charge in [0.15, 0.2) is 0 Å². The van der Waals surface area contributed by atoms with Gasteiger partial charge >= 0.3 is 5.97 Å². The Balaban J connectivity index is 2.19. The number of hydrogen-bond donors (Lipinski definition) is 1. The van der Waals surface area contributed by atoms with Crippen molar-refractivity contribution in [3.63, 3.8) is 0 Å². The molecule has 132 valence electrons. The lowest BCUT2D eigenvalue weighted by atomic mass is 9.84. The summed E-state index contributed by atoms with van der Waals surface area (Å²) in [6, 6.07) is 7.95. The van der Waals surface area contributed by atoms with Crippen LogP contribution < -0.4 is 0 Å². The lowest BCUT2D eigenvalue weighted by molar-refractivity contribution is 0.0695. The van der Waals surface area contributed by atoms with Gasteiger partial charge in [-0.3, -0.25) is 4.98 Å². The van der Waals surface area contributed by atoms with Crippen LogP contribution in [0, 0.1) is 5.82 Å². The largest absolute Gasteiger partial charge is 0.478 e. The van der Waals surface area contributed by atoms with Gasteiger partial charge in [-0.15, -0.1) is 0 Å². The summed E-state index contributed by atoms with van der Waals surface area (Å²) in [4.78, 5) is 16.7. The Morgan fingerprint density at radius 2 is 1.80 bits per heavy atom. The molecule has 25 heavy (non-hydrogen) atoms. The third-order valence-corrected chi connectivity index (χ3v) is 5.01. The van der Waals surface area contributed by atoms with Gasteiger partial charge in [0.2, 0.25) is 0 Å². The summed E-state index contributed by atoms with van der Waals surface area (Å²) >= 11 is 0. The fourth-order valence-electron chi connectivity index (χ4n) is 3.69. The Morgan fingerprint density at radius 1 is 1.16 bits per heavy atom. The van der Waals surface area contributed by atoms with Crippen molar-refractivity contribution in [1.82, 2.24) is 4.98 Å². The number of rotatable bonds is 4. The number of hydrogen-bond acceptors (Lipinski definition) is 2. The maximum Gasteiger partial charge on any atom is 0.338 e. The minimum absolute atomic E-state index is 0.00818. The van der Waals surface area contributed by atoms with Crippen LogP contribution in [0.3, 0.4) is 0 Å². The normalized spacial score (nSPS) is 15.5. The summed E-state index contributed by atoms with van der Waals surface area (Å²) in [5.41, 5.74) is 3.20. The monoisotopic (exact) mass is 341 g/mol. The molecular weight excluding hydrogens is 317 g/mol. The smallest absolute Gasteiger partial charge is 0.338 e. The van der Waals surface area contributed by atoms with E-state index in [1.54, 1.807) is 12.1 Å². The molecule has 1 aromatic carbocycles. The molecule has 1 aromatic heterocycles. The first kappa shape index (κ1) is 17.6. The van der Waals surface area contributed by atoms with Crippen LogP contribution in [-0.2, 0) is 0 Å². The number of aromatic carboxylic acids is 1. The molecule has 1 aliphatic rings. The van der Waals surface area contributed by atoms with Gasteiger partial charge in [0.05, 0.1) is 11.3 Å². The highest BCUT2D eigenvalue weighted by Crippen LogP contribution is 2.37. The molecule has 0 bridgehead atoms. The van der Waals surface area contributed by atoms with Crippen LogP contribution in [0.25, 0.3) is 11.1 Å². The Hall–Kier alpha value is -2.23. The lowest BCUT2D eigenvalue weighted by Gasteiger charge is -2.24. The van der Waals surface area contributed by atoms with Gasteiger partial charge in [0.1, 0.15) is 5.82 Å². The van der Waals surface area contributed by atoms with Crippen molar-refractivity contribution in [1.29, 1.82) is 0 Å². The number of carboxylic acid groups (broad SMARTS) is 1.